The lowest BCUT2D eigenvalue weighted by molar-refractivity contribution is -0.137. The van der Waals surface area contributed by atoms with Crippen LogP contribution in [0.2, 0.25) is 0 Å². The van der Waals surface area contributed by atoms with Gasteiger partial charge in [-0.2, -0.15) is 13.2 Å². The molecule has 228 valence electrons. The molecule has 0 bridgehead atoms. The van der Waals surface area contributed by atoms with E-state index in [0.717, 1.165) is 17.7 Å². The number of anilines is 1. The topological polar surface area (TPSA) is 92.4 Å². The van der Waals surface area contributed by atoms with Crippen LogP contribution in [0.25, 0.3) is 10.8 Å². The molecule has 1 fully saturated rings. The summed E-state index contributed by atoms with van der Waals surface area (Å²) in [5.41, 5.74) is -3.57. The molecule has 1 heterocycles. The van der Waals surface area contributed by atoms with E-state index in [4.69, 9.17) is 4.52 Å². The summed E-state index contributed by atoms with van der Waals surface area (Å²) in [6, 6.07) is 13.8. The van der Waals surface area contributed by atoms with Crippen LogP contribution in [0.3, 0.4) is 0 Å². The van der Waals surface area contributed by atoms with E-state index in [-0.39, 0.29) is 34.9 Å². The molecule has 3 aromatic carbocycles. The van der Waals surface area contributed by atoms with Crippen molar-refractivity contribution in [3.63, 3.8) is 0 Å². The molecule has 4 aromatic rings. The summed E-state index contributed by atoms with van der Waals surface area (Å²) in [4.78, 5) is 25.8. The first-order valence-corrected chi connectivity index (χ1v) is 14.0. The third-order valence-corrected chi connectivity index (χ3v) is 8.01. The first-order valence-electron chi connectivity index (χ1n) is 14.0. The van der Waals surface area contributed by atoms with Crippen LogP contribution >= 0.6 is 0 Å². The molecule has 6 nitrogen and oxygen atoms in total. The Morgan fingerprint density at radius 1 is 1.00 bits per heavy atom. The van der Waals surface area contributed by atoms with Gasteiger partial charge in [0, 0.05) is 28.5 Å². The van der Waals surface area contributed by atoms with Crippen molar-refractivity contribution in [1.29, 1.82) is 0 Å². The summed E-state index contributed by atoms with van der Waals surface area (Å²) >= 11 is 0. The molecule has 1 saturated carbocycles. The molecule has 1 atom stereocenters. The third-order valence-electron chi connectivity index (χ3n) is 8.01. The van der Waals surface area contributed by atoms with Crippen molar-refractivity contribution < 1.29 is 32.0 Å². The fourth-order valence-electron chi connectivity index (χ4n) is 5.24. The van der Waals surface area contributed by atoms with Gasteiger partial charge in [-0.15, -0.1) is 0 Å². The van der Waals surface area contributed by atoms with Gasteiger partial charge in [0.2, 0.25) is 5.60 Å². The molecule has 2 N–H and O–H groups in total. The Morgan fingerprint density at radius 3 is 2.27 bits per heavy atom. The third kappa shape index (κ3) is 6.24. The highest BCUT2D eigenvalue weighted by Crippen LogP contribution is 2.55. The van der Waals surface area contributed by atoms with Gasteiger partial charge in [-0.1, -0.05) is 49.9 Å². The molecule has 0 radical (unpaired) electrons. The van der Waals surface area contributed by atoms with Crippen LogP contribution < -0.4 is 10.9 Å². The zero-order valence-electron chi connectivity index (χ0n) is 24.5. The van der Waals surface area contributed by atoms with Crippen molar-refractivity contribution in [3.8, 4) is 11.8 Å². The van der Waals surface area contributed by atoms with Gasteiger partial charge in [0.1, 0.15) is 5.82 Å². The average Bonchev–Trinajstić information content (AvgIpc) is 3.73. The lowest BCUT2D eigenvalue weighted by Gasteiger charge is -2.28. The number of rotatable bonds is 5. The van der Waals surface area contributed by atoms with Crippen molar-refractivity contribution in [1.82, 2.24) is 5.16 Å². The van der Waals surface area contributed by atoms with E-state index in [1.807, 2.05) is 12.1 Å². The number of amides is 1. The summed E-state index contributed by atoms with van der Waals surface area (Å²) in [5, 5.41) is 18.8. The Balaban J connectivity index is 1.54. The van der Waals surface area contributed by atoms with Crippen LogP contribution in [0.15, 0.2) is 70.0 Å². The lowest BCUT2D eigenvalue weighted by Crippen LogP contribution is -2.44. The molecule has 5 rings (SSSR count). The second-order valence-corrected chi connectivity index (χ2v) is 12.4. The van der Waals surface area contributed by atoms with Gasteiger partial charge in [0.05, 0.1) is 16.6 Å². The molecule has 0 saturated heterocycles. The first-order chi connectivity index (χ1) is 20.5. The standard InChI is InChI=1S/C34H30F4N2O4/c1-20-26-18-24(10-11-25(26)29(41)44-40-20)39-30(42)33(43,14-13-21-5-7-22(8-6-21)31(2,3)4)19-32(15-16-32)27-17-23(34(36,37)38)9-12-28(27)35/h5-12,17-18,43H,15-16,19H2,1-4H3,(H,39,42). The van der Waals surface area contributed by atoms with E-state index >= 15 is 0 Å². The maximum Gasteiger partial charge on any atom is 0.416 e. The fraction of sp³-hybridized carbons (Fsp3) is 0.324. The van der Waals surface area contributed by atoms with Crippen molar-refractivity contribution in [2.24, 2.45) is 0 Å². The molecular formula is C34H30F4N2O4. The molecule has 10 heteroatoms. The van der Waals surface area contributed by atoms with Crippen molar-refractivity contribution in [2.45, 2.75) is 69.6 Å². The number of nitrogens with one attached hydrogen (secondary N) is 1. The number of hydrogen-bond acceptors (Lipinski definition) is 5. The van der Waals surface area contributed by atoms with Gasteiger partial charge in [-0.3, -0.25) is 4.79 Å². The normalized spacial score (nSPS) is 15.7. The number of carbonyl (C=O) groups is 1. The minimum Gasteiger partial charge on any atom is -0.369 e. The molecule has 0 spiro atoms. The average molecular weight is 607 g/mol. The van der Waals surface area contributed by atoms with Crippen LogP contribution in [0.4, 0.5) is 23.2 Å². The van der Waals surface area contributed by atoms with Crippen LogP contribution in [-0.4, -0.2) is 21.8 Å². The van der Waals surface area contributed by atoms with Crippen LogP contribution in [0.5, 0.6) is 0 Å². The van der Waals surface area contributed by atoms with Gasteiger partial charge in [-0.05, 0) is 84.8 Å². The van der Waals surface area contributed by atoms with Gasteiger partial charge in [-0.25, -0.2) is 9.18 Å². The predicted molar refractivity (Wildman–Crippen MR) is 158 cm³/mol. The quantitative estimate of drug-likeness (QED) is 0.193. The minimum atomic E-state index is -4.70. The monoisotopic (exact) mass is 606 g/mol. The zero-order valence-corrected chi connectivity index (χ0v) is 24.5. The Bertz CT molecular complexity index is 1870. The molecule has 1 unspecified atom stereocenters. The number of fused-ring (bicyclic) bond motifs is 1. The summed E-state index contributed by atoms with van der Waals surface area (Å²) in [5.74, 6) is 3.66. The van der Waals surface area contributed by atoms with E-state index in [0.29, 0.717) is 22.7 Å². The number of hydrogen-bond donors (Lipinski definition) is 2. The number of alkyl halides is 3. The summed E-state index contributed by atoms with van der Waals surface area (Å²) in [6.07, 6.45) is -4.65. The van der Waals surface area contributed by atoms with Gasteiger partial charge in [0.15, 0.2) is 0 Å². The highest BCUT2D eigenvalue weighted by Gasteiger charge is 2.54. The number of carbonyl (C=O) groups excluding carboxylic acids is 1. The summed E-state index contributed by atoms with van der Waals surface area (Å²) in [6.45, 7) is 7.77. The predicted octanol–water partition coefficient (Wildman–Crippen LogP) is 6.80. The molecule has 44 heavy (non-hydrogen) atoms. The Labute approximate surface area is 251 Å². The van der Waals surface area contributed by atoms with Crippen LogP contribution in [0.1, 0.15) is 68.0 Å². The summed E-state index contributed by atoms with van der Waals surface area (Å²) in [7, 11) is 0. The first kappa shape index (κ1) is 31.0. The second-order valence-electron chi connectivity index (χ2n) is 12.4. The number of aryl methyl sites for hydroxylation is 1. The largest absolute Gasteiger partial charge is 0.416 e. The SMILES string of the molecule is Cc1noc(=O)c2ccc(NC(=O)C(O)(C#Cc3ccc(C(C)(C)C)cc3)CC3(c4cc(C(F)(F)F)ccc4F)CC3)cc12. The number of nitrogens with zero attached hydrogens (tertiary/aromatic N) is 1. The molecule has 1 aliphatic carbocycles. The Morgan fingerprint density at radius 2 is 1.66 bits per heavy atom. The van der Waals surface area contributed by atoms with Gasteiger partial charge in [0.25, 0.3) is 5.91 Å². The maximum absolute atomic E-state index is 15.0. The smallest absolute Gasteiger partial charge is 0.369 e. The van der Waals surface area contributed by atoms with E-state index < -0.39 is 46.5 Å². The van der Waals surface area contributed by atoms with Crippen molar-refractivity contribution in [3.05, 3.63) is 105 Å². The summed E-state index contributed by atoms with van der Waals surface area (Å²) < 4.78 is 60.2. The number of benzene rings is 3. The van der Waals surface area contributed by atoms with E-state index in [1.165, 1.54) is 18.2 Å². The number of aliphatic hydroxyl groups is 1. The molecule has 1 aliphatic rings. The maximum atomic E-state index is 15.0. The van der Waals surface area contributed by atoms with Gasteiger partial charge < -0.3 is 14.9 Å². The number of aromatic nitrogens is 1. The molecule has 1 amide bonds. The minimum absolute atomic E-state index is 0.116. The van der Waals surface area contributed by atoms with E-state index in [1.54, 1.807) is 19.1 Å². The lowest BCUT2D eigenvalue weighted by atomic mass is 9.81. The Kier molecular flexibility index (Phi) is 7.67. The van der Waals surface area contributed by atoms with Crippen molar-refractivity contribution in [2.75, 3.05) is 5.32 Å². The Hall–Kier alpha value is -4.49. The highest BCUT2D eigenvalue weighted by atomic mass is 19.4. The van der Waals surface area contributed by atoms with E-state index in [9.17, 15) is 32.3 Å². The molecule has 0 aliphatic heterocycles. The molecular weight excluding hydrogens is 576 g/mol. The van der Waals surface area contributed by atoms with Gasteiger partial charge >= 0.3 is 11.8 Å². The fourth-order valence-corrected chi connectivity index (χ4v) is 5.24. The highest BCUT2D eigenvalue weighted by molar-refractivity contribution is 6.01. The van der Waals surface area contributed by atoms with Crippen molar-refractivity contribution >= 4 is 22.4 Å². The van der Waals surface area contributed by atoms with E-state index in [2.05, 4.69) is 43.1 Å². The number of halogens is 4. The second kappa shape index (κ2) is 10.9. The molecule has 1 aromatic heterocycles. The zero-order chi connectivity index (χ0) is 32.1. The van der Waals surface area contributed by atoms with Crippen LogP contribution in [-0.2, 0) is 21.8 Å². The van der Waals surface area contributed by atoms with Crippen LogP contribution in [0, 0.1) is 24.6 Å².